The maximum absolute atomic E-state index is 12.6. The zero-order chi connectivity index (χ0) is 15.5. The van der Waals surface area contributed by atoms with Crippen LogP contribution in [0.15, 0.2) is 30.6 Å². The van der Waals surface area contributed by atoms with E-state index in [0.717, 1.165) is 19.4 Å². The summed E-state index contributed by atoms with van der Waals surface area (Å²) in [6, 6.07) is 7.47. The van der Waals surface area contributed by atoms with Crippen molar-refractivity contribution in [2.24, 2.45) is 0 Å². The van der Waals surface area contributed by atoms with Crippen molar-refractivity contribution >= 4 is 5.91 Å². The predicted molar refractivity (Wildman–Crippen MR) is 80.1 cm³/mol. The zero-order valence-electron chi connectivity index (χ0n) is 12.4. The number of amides is 1. The lowest BCUT2D eigenvalue weighted by atomic mass is 10.1. The second-order valence-corrected chi connectivity index (χ2v) is 5.47. The molecular formula is C16H17N5O. The Hall–Kier alpha value is -2.68. The Morgan fingerprint density at radius 2 is 2.32 bits per heavy atom. The smallest absolute Gasteiger partial charge is 0.272 e. The summed E-state index contributed by atoms with van der Waals surface area (Å²) < 4.78 is 1.91. The maximum Gasteiger partial charge on any atom is 0.272 e. The third kappa shape index (κ3) is 2.70. The lowest BCUT2D eigenvalue weighted by Crippen LogP contribution is -2.41. The molecule has 1 unspecified atom stereocenters. The van der Waals surface area contributed by atoms with Crippen LogP contribution in [0.5, 0.6) is 0 Å². The summed E-state index contributed by atoms with van der Waals surface area (Å²) in [6.07, 6.45) is 5.66. The van der Waals surface area contributed by atoms with E-state index in [1.165, 1.54) is 0 Å². The van der Waals surface area contributed by atoms with E-state index < -0.39 is 0 Å². The molecule has 0 aromatic carbocycles. The molecule has 3 heterocycles. The number of nitrogens with zero attached hydrogens (tertiary/aromatic N) is 5. The standard InChI is InChI=1S/C16H17N5O/c1-12-13(10-17)5-6-15(19-12)16(22)20-8-2-4-14(11-20)21-9-3-7-18-21/h3,5-7,9,14H,2,4,8,11H2,1H3. The average Bonchev–Trinajstić information content (AvgIpc) is 3.09. The van der Waals surface area contributed by atoms with Crippen LogP contribution in [0.25, 0.3) is 0 Å². The Kier molecular flexibility index (Phi) is 3.88. The lowest BCUT2D eigenvalue weighted by molar-refractivity contribution is 0.0667. The summed E-state index contributed by atoms with van der Waals surface area (Å²) in [5.41, 5.74) is 1.50. The van der Waals surface area contributed by atoms with Crippen molar-refractivity contribution in [3.8, 4) is 6.07 Å². The van der Waals surface area contributed by atoms with Gasteiger partial charge in [-0.2, -0.15) is 10.4 Å². The van der Waals surface area contributed by atoms with E-state index in [9.17, 15) is 4.79 Å². The van der Waals surface area contributed by atoms with Gasteiger partial charge in [-0.3, -0.25) is 9.48 Å². The minimum Gasteiger partial charge on any atom is -0.335 e. The molecule has 1 atom stereocenters. The molecule has 0 saturated carbocycles. The highest BCUT2D eigenvalue weighted by molar-refractivity contribution is 5.92. The van der Waals surface area contributed by atoms with Gasteiger partial charge in [-0.25, -0.2) is 4.98 Å². The van der Waals surface area contributed by atoms with Crippen LogP contribution >= 0.6 is 0 Å². The first-order valence-electron chi connectivity index (χ1n) is 7.35. The van der Waals surface area contributed by atoms with Crippen LogP contribution in [0.3, 0.4) is 0 Å². The number of aromatic nitrogens is 3. The molecule has 1 aliphatic heterocycles. The van der Waals surface area contributed by atoms with Crippen molar-refractivity contribution in [2.45, 2.75) is 25.8 Å². The molecule has 0 bridgehead atoms. The fourth-order valence-corrected chi connectivity index (χ4v) is 2.81. The van der Waals surface area contributed by atoms with Crippen LogP contribution in [-0.4, -0.2) is 38.7 Å². The lowest BCUT2D eigenvalue weighted by Gasteiger charge is -2.32. The van der Waals surface area contributed by atoms with Gasteiger partial charge in [0, 0.05) is 25.5 Å². The molecule has 0 radical (unpaired) electrons. The third-order valence-corrected chi connectivity index (χ3v) is 4.01. The van der Waals surface area contributed by atoms with E-state index in [1.54, 1.807) is 25.3 Å². The molecule has 6 heteroatoms. The first-order valence-corrected chi connectivity index (χ1v) is 7.35. The first kappa shape index (κ1) is 14.3. The molecule has 6 nitrogen and oxygen atoms in total. The minimum atomic E-state index is -0.0792. The molecule has 1 fully saturated rings. The van der Waals surface area contributed by atoms with E-state index >= 15 is 0 Å². The number of hydrogen-bond acceptors (Lipinski definition) is 4. The van der Waals surface area contributed by atoms with Gasteiger partial charge in [0.1, 0.15) is 11.8 Å². The molecule has 112 valence electrons. The summed E-state index contributed by atoms with van der Waals surface area (Å²) in [4.78, 5) is 18.7. The van der Waals surface area contributed by atoms with Gasteiger partial charge in [-0.15, -0.1) is 0 Å². The van der Waals surface area contributed by atoms with Gasteiger partial charge < -0.3 is 4.90 Å². The Bertz CT molecular complexity index is 717. The van der Waals surface area contributed by atoms with E-state index in [-0.39, 0.29) is 11.9 Å². The fraction of sp³-hybridized carbons (Fsp3) is 0.375. The molecule has 3 rings (SSSR count). The van der Waals surface area contributed by atoms with Gasteiger partial charge in [0.2, 0.25) is 0 Å². The Morgan fingerprint density at radius 3 is 3.00 bits per heavy atom. The number of rotatable bonds is 2. The molecule has 1 aliphatic rings. The highest BCUT2D eigenvalue weighted by Gasteiger charge is 2.26. The number of piperidine rings is 1. The maximum atomic E-state index is 12.6. The molecule has 1 amide bonds. The van der Waals surface area contributed by atoms with Gasteiger partial charge in [-0.05, 0) is 38.0 Å². The van der Waals surface area contributed by atoms with Crippen molar-refractivity contribution in [2.75, 3.05) is 13.1 Å². The molecule has 0 aliphatic carbocycles. The number of nitriles is 1. The summed E-state index contributed by atoms with van der Waals surface area (Å²) >= 11 is 0. The Morgan fingerprint density at radius 1 is 1.45 bits per heavy atom. The number of aryl methyl sites for hydroxylation is 1. The second-order valence-electron chi connectivity index (χ2n) is 5.47. The number of carbonyl (C=O) groups is 1. The molecule has 0 N–H and O–H groups in total. The van der Waals surface area contributed by atoms with E-state index in [1.807, 2.05) is 21.8 Å². The van der Waals surface area contributed by atoms with Crippen LogP contribution in [-0.2, 0) is 0 Å². The third-order valence-electron chi connectivity index (χ3n) is 4.01. The largest absolute Gasteiger partial charge is 0.335 e. The van der Waals surface area contributed by atoms with Crippen molar-refractivity contribution in [3.05, 3.63) is 47.5 Å². The van der Waals surface area contributed by atoms with Crippen LogP contribution in [0.4, 0.5) is 0 Å². The number of hydrogen-bond donors (Lipinski definition) is 0. The van der Waals surface area contributed by atoms with E-state index in [4.69, 9.17) is 5.26 Å². The predicted octanol–water partition coefficient (Wildman–Crippen LogP) is 1.94. The minimum absolute atomic E-state index is 0.0792. The molecule has 22 heavy (non-hydrogen) atoms. The molecule has 2 aromatic heterocycles. The van der Waals surface area contributed by atoms with Crippen molar-refractivity contribution in [1.29, 1.82) is 5.26 Å². The van der Waals surface area contributed by atoms with Crippen molar-refractivity contribution in [3.63, 3.8) is 0 Å². The highest BCUT2D eigenvalue weighted by atomic mass is 16.2. The normalized spacial score (nSPS) is 18.0. The summed E-state index contributed by atoms with van der Waals surface area (Å²) in [7, 11) is 0. The number of carbonyl (C=O) groups excluding carboxylic acids is 1. The number of likely N-dealkylation sites (tertiary alicyclic amines) is 1. The summed E-state index contributed by atoms with van der Waals surface area (Å²) in [6.45, 7) is 3.12. The number of pyridine rings is 1. The fourth-order valence-electron chi connectivity index (χ4n) is 2.81. The quantitative estimate of drug-likeness (QED) is 0.848. The topological polar surface area (TPSA) is 74.8 Å². The molecule has 1 saturated heterocycles. The van der Waals surface area contributed by atoms with Gasteiger partial charge >= 0.3 is 0 Å². The van der Waals surface area contributed by atoms with Gasteiger partial charge in [0.15, 0.2) is 0 Å². The second kappa shape index (κ2) is 5.98. The SMILES string of the molecule is Cc1nc(C(=O)N2CCCC(n3cccn3)C2)ccc1C#N. The van der Waals surface area contributed by atoms with Gasteiger partial charge in [0.25, 0.3) is 5.91 Å². The van der Waals surface area contributed by atoms with Gasteiger partial charge in [0.05, 0.1) is 17.3 Å². The summed E-state index contributed by atoms with van der Waals surface area (Å²) in [5.74, 6) is -0.0792. The van der Waals surface area contributed by atoms with Gasteiger partial charge in [-0.1, -0.05) is 0 Å². The van der Waals surface area contributed by atoms with E-state index in [2.05, 4.69) is 16.2 Å². The molecular weight excluding hydrogens is 278 g/mol. The zero-order valence-corrected chi connectivity index (χ0v) is 12.4. The summed E-state index contributed by atoms with van der Waals surface area (Å²) in [5, 5.41) is 13.2. The van der Waals surface area contributed by atoms with Crippen LogP contribution < -0.4 is 0 Å². The Balaban J connectivity index is 1.77. The highest BCUT2D eigenvalue weighted by Crippen LogP contribution is 2.22. The van der Waals surface area contributed by atoms with Crippen molar-refractivity contribution < 1.29 is 4.79 Å². The first-order chi connectivity index (χ1) is 10.7. The van der Waals surface area contributed by atoms with Crippen LogP contribution in [0.1, 0.15) is 40.6 Å². The molecule has 2 aromatic rings. The monoisotopic (exact) mass is 295 g/mol. The average molecular weight is 295 g/mol. The van der Waals surface area contributed by atoms with Crippen molar-refractivity contribution in [1.82, 2.24) is 19.7 Å². The Labute approximate surface area is 129 Å². The molecule has 0 spiro atoms. The van der Waals surface area contributed by atoms with Crippen LogP contribution in [0, 0.1) is 18.3 Å². The van der Waals surface area contributed by atoms with Crippen LogP contribution in [0.2, 0.25) is 0 Å². The van der Waals surface area contributed by atoms with E-state index in [0.29, 0.717) is 23.5 Å².